The molecular weight excluding hydrogens is 247 g/mol. The number of benzene rings is 1. The Morgan fingerprint density at radius 1 is 1.39 bits per heavy atom. The smallest absolute Gasteiger partial charge is 0.508 e. The van der Waals surface area contributed by atoms with Crippen LogP contribution in [0.15, 0.2) is 18.2 Å². The molecule has 0 aromatic heterocycles. The fourth-order valence-corrected chi connectivity index (χ4v) is 1.61. The van der Waals surface area contributed by atoms with Crippen LogP contribution in [0.5, 0.6) is 11.5 Å². The third-order valence-electron chi connectivity index (χ3n) is 2.50. The van der Waals surface area contributed by atoms with Gasteiger partial charge in [0.15, 0.2) is 0 Å². The van der Waals surface area contributed by atoms with Gasteiger partial charge >= 0.3 is 6.36 Å². The van der Waals surface area contributed by atoms with Gasteiger partial charge in [-0.3, -0.25) is 0 Å². The van der Waals surface area contributed by atoms with Crippen molar-refractivity contribution >= 4 is 0 Å². The molecule has 0 aliphatic rings. The second-order valence-corrected chi connectivity index (χ2v) is 4.02. The van der Waals surface area contributed by atoms with Gasteiger partial charge in [-0.1, -0.05) is 19.8 Å². The van der Waals surface area contributed by atoms with Crippen molar-refractivity contribution in [3.8, 4) is 11.5 Å². The molecule has 1 atom stereocenters. The third-order valence-corrected chi connectivity index (χ3v) is 2.50. The first kappa shape index (κ1) is 14.6. The van der Waals surface area contributed by atoms with Crippen molar-refractivity contribution in [2.24, 2.45) is 5.73 Å². The minimum Gasteiger partial charge on any atom is -0.508 e. The Hall–Kier alpha value is -1.43. The molecule has 0 aliphatic carbocycles. The van der Waals surface area contributed by atoms with Crippen molar-refractivity contribution < 1.29 is 23.0 Å². The van der Waals surface area contributed by atoms with Crippen LogP contribution in [0, 0.1) is 0 Å². The van der Waals surface area contributed by atoms with Crippen LogP contribution in [-0.4, -0.2) is 11.5 Å². The second kappa shape index (κ2) is 5.95. The number of unbranched alkanes of at least 4 members (excludes halogenated alkanes) is 1. The van der Waals surface area contributed by atoms with Crippen molar-refractivity contribution in [1.29, 1.82) is 0 Å². The number of aromatic hydroxyl groups is 1. The normalized spacial score (nSPS) is 13.4. The van der Waals surface area contributed by atoms with Gasteiger partial charge in [-0.25, -0.2) is 0 Å². The average molecular weight is 263 g/mol. The lowest BCUT2D eigenvalue weighted by atomic mass is 10.0. The van der Waals surface area contributed by atoms with Gasteiger partial charge < -0.3 is 15.6 Å². The predicted octanol–water partition coefficient (Wildman–Crippen LogP) is 3.48. The Morgan fingerprint density at radius 3 is 2.61 bits per heavy atom. The van der Waals surface area contributed by atoms with Crippen molar-refractivity contribution in [3.05, 3.63) is 23.8 Å². The molecule has 6 heteroatoms. The van der Waals surface area contributed by atoms with Gasteiger partial charge in [0, 0.05) is 11.6 Å². The van der Waals surface area contributed by atoms with E-state index < -0.39 is 12.4 Å². The van der Waals surface area contributed by atoms with Crippen molar-refractivity contribution in [3.63, 3.8) is 0 Å². The molecule has 3 nitrogen and oxygen atoms in total. The van der Waals surface area contributed by atoms with E-state index in [0.29, 0.717) is 6.42 Å². The van der Waals surface area contributed by atoms with Crippen LogP contribution < -0.4 is 10.5 Å². The van der Waals surface area contributed by atoms with Crippen LogP contribution in [0.2, 0.25) is 0 Å². The molecule has 0 aliphatic heterocycles. The quantitative estimate of drug-likeness (QED) is 0.855. The summed E-state index contributed by atoms with van der Waals surface area (Å²) in [5.41, 5.74) is 6.09. The number of alkyl halides is 3. The summed E-state index contributed by atoms with van der Waals surface area (Å²) in [6, 6.07) is 2.84. The lowest BCUT2D eigenvalue weighted by Crippen LogP contribution is -2.18. The number of halogens is 3. The van der Waals surface area contributed by atoms with Gasteiger partial charge in [-0.15, -0.1) is 13.2 Å². The highest BCUT2D eigenvalue weighted by Gasteiger charge is 2.31. The van der Waals surface area contributed by atoms with Gasteiger partial charge in [0.05, 0.1) is 0 Å². The third kappa shape index (κ3) is 4.44. The first-order valence-corrected chi connectivity index (χ1v) is 5.67. The molecule has 0 heterocycles. The van der Waals surface area contributed by atoms with Crippen molar-refractivity contribution in [2.45, 2.75) is 38.6 Å². The van der Waals surface area contributed by atoms with E-state index >= 15 is 0 Å². The van der Waals surface area contributed by atoms with Crippen LogP contribution in [0.25, 0.3) is 0 Å². The molecular formula is C12H16F3NO2. The predicted molar refractivity (Wildman–Crippen MR) is 61.2 cm³/mol. The topological polar surface area (TPSA) is 55.5 Å². The fraction of sp³-hybridized carbons (Fsp3) is 0.500. The first-order chi connectivity index (χ1) is 8.33. The molecule has 3 N–H and O–H groups in total. The average Bonchev–Trinajstić information content (AvgIpc) is 2.26. The maximum absolute atomic E-state index is 12.1. The molecule has 0 unspecified atom stereocenters. The Balaban J connectivity index is 2.87. The molecule has 0 fully saturated rings. The van der Waals surface area contributed by atoms with Crippen LogP contribution in [0.4, 0.5) is 13.2 Å². The number of hydrogen-bond acceptors (Lipinski definition) is 3. The first-order valence-electron chi connectivity index (χ1n) is 5.67. The van der Waals surface area contributed by atoms with Crippen molar-refractivity contribution in [2.75, 3.05) is 0 Å². The highest BCUT2D eigenvalue weighted by molar-refractivity contribution is 5.41. The number of nitrogens with two attached hydrogens (primary N) is 1. The molecule has 0 bridgehead atoms. The second-order valence-electron chi connectivity index (χ2n) is 4.02. The summed E-state index contributed by atoms with van der Waals surface area (Å²) in [5, 5.41) is 9.59. The Bertz CT molecular complexity index is 393. The number of hydrogen-bond donors (Lipinski definition) is 2. The van der Waals surface area contributed by atoms with Gasteiger partial charge in [0.2, 0.25) is 0 Å². The standard InChI is InChI=1S/C12H16F3NO2/c1-2-3-4-10(16)9-7-8(5-6-11(9)17)18-12(13,14)15/h5-7,10,17H,2-4,16H2,1H3/t10-/m0/s1. The van der Waals surface area contributed by atoms with Crippen LogP contribution in [0.3, 0.4) is 0 Å². The van der Waals surface area contributed by atoms with Crippen LogP contribution in [-0.2, 0) is 0 Å². The van der Waals surface area contributed by atoms with E-state index in [1.54, 1.807) is 0 Å². The SMILES string of the molecule is CCCC[C@H](N)c1cc(OC(F)(F)F)ccc1O. The van der Waals surface area contributed by atoms with Gasteiger partial charge in [-0.2, -0.15) is 0 Å². The van der Waals surface area contributed by atoms with E-state index in [0.717, 1.165) is 31.0 Å². The van der Waals surface area contributed by atoms with E-state index in [4.69, 9.17) is 5.73 Å². The zero-order chi connectivity index (χ0) is 13.8. The summed E-state index contributed by atoms with van der Waals surface area (Å²) in [4.78, 5) is 0. The zero-order valence-electron chi connectivity index (χ0n) is 10.00. The molecule has 0 spiro atoms. The monoisotopic (exact) mass is 263 g/mol. The molecule has 0 radical (unpaired) electrons. The highest BCUT2D eigenvalue weighted by atomic mass is 19.4. The van der Waals surface area contributed by atoms with Crippen LogP contribution >= 0.6 is 0 Å². The molecule has 0 saturated carbocycles. The fourth-order valence-electron chi connectivity index (χ4n) is 1.61. The van der Waals surface area contributed by atoms with E-state index in [1.165, 1.54) is 0 Å². The Labute approximate surface area is 103 Å². The summed E-state index contributed by atoms with van der Waals surface area (Å²) in [7, 11) is 0. The number of phenolic OH excluding ortho intramolecular Hbond substituents is 1. The maximum Gasteiger partial charge on any atom is 0.573 e. The van der Waals surface area contributed by atoms with Gasteiger partial charge in [0.25, 0.3) is 0 Å². The highest BCUT2D eigenvalue weighted by Crippen LogP contribution is 2.32. The van der Waals surface area contributed by atoms with Crippen LogP contribution in [0.1, 0.15) is 37.8 Å². The summed E-state index contributed by atoms with van der Waals surface area (Å²) in [5.74, 6) is -0.490. The van der Waals surface area contributed by atoms with E-state index in [2.05, 4.69) is 4.74 Å². The lowest BCUT2D eigenvalue weighted by Gasteiger charge is -2.15. The number of ether oxygens (including phenoxy) is 1. The van der Waals surface area contributed by atoms with Crippen molar-refractivity contribution in [1.82, 2.24) is 0 Å². The summed E-state index contributed by atoms with van der Waals surface area (Å²) in [6.07, 6.45) is -2.39. The number of rotatable bonds is 5. The minimum atomic E-state index is -4.75. The van der Waals surface area contributed by atoms with E-state index in [1.807, 2.05) is 6.92 Å². The summed E-state index contributed by atoms with van der Waals surface area (Å²) >= 11 is 0. The molecule has 1 aromatic rings. The number of phenols is 1. The molecule has 1 rings (SSSR count). The van der Waals surface area contributed by atoms with E-state index in [9.17, 15) is 18.3 Å². The minimum absolute atomic E-state index is 0.117. The summed E-state index contributed by atoms with van der Waals surface area (Å²) < 4.78 is 40.0. The lowest BCUT2D eigenvalue weighted by molar-refractivity contribution is -0.274. The zero-order valence-corrected chi connectivity index (χ0v) is 10.00. The molecule has 0 amide bonds. The Morgan fingerprint density at radius 2 is 2.06 bits per heavy atom. The van der Waals surface area contributed by atoms with E-state index in [-0.39, 0.29) is 17.1 Å². The Kier molecular flexibility index (Phi) is 4.84. The molecule has 102 valence electrons. The molecule has 18 heavy (non-hydrogen) atoms. The maximum atomic E-state index is 12.1. The van der Waals surface area contributed by atoms with Gasteiger partial charge in [-0.05, 0) is 24.6 Å². The largest absolute Gasteiger partial charge is 0.573 e. The molecule has 1 aromatic carbocycles. The van der Waals surface area contributed by atoms with Gasteiger partial charge in [0.1, 0.15) is 11.5 Å². The summed E-state index contributed by atoms with van der Waals surface area (Å²) in [6.45, 7) is 1.98. The molecule has 0 saturated heterocycles.